The van der Waals surface area contributed by atoms with Gasteiger partial charge in [-0.3, -0.25) is 14.2 Å². The van der Waals surface area contributed by atoms with E-state index in [0.717, 1.165) is 11.3 Å². The predicted octanol–water partition coefficient (Wildman–Crippen LogP) is 2.58. The molecule has 2 atom stereocenters. The van der Waals surface area contributed by atoms with Crippen molar-refractivity contribution < 1.29 is 28.2 Å². The third-order valence-corrected chi connectivity index (χ3v) is 7.22. The summed E-state index contributed by atoms with van der Waals surface area (Å²) in [7, 11) is 1.39. The molecule has 202 valence electrons. The van der Waals surface area contributed by atoms with Gasteiger partial charge in [-0.25, -0.2) is 18.5 Å². The first-order valence-corrected chi connectivity index (χ1v) is 12.5. The van der Waals surface area contributed by atoms with Crippen LogP contribution in [-0.2, 0) is 20.8 Å². The first-order chi connectivity index (χ1) is 18.1. The number of hydrogen-bond donors (Lipinski definition) is 1. The van der Waals surface area contributed by atoms with Crippen LogP contribution in [0.25, 0.3) is 10.2 Å². The zero-order valence-electron chi connectivity index (χ0n) is 21.3. The molecule has 0 aliphatic carbocycles. The molecular formula is C25H27FN4O7S. The third kappa shape index (κ3) is 5.46. The number of primary amides is 1. The lowest BCUT2D eigenvalue weighted by Crippen LogP contribution is -2.45. The van der Waals surface area contributed by atoms with Crippen molar-refractivity contribution in [1.29, 1.82) is 5.26 Å². The molecule has 0 saturated carbocycles. The molecule has 0 bridgehead atoms. The summed E-state index contributed by atoms with van der Waals surface area (Å²) in [6.45, 7) is 4.26. The average Bonchev–Trinajstić information content (AvgIpc) is 3.22. The maximum absolute atomic E-state index is 14.3. The van der Waals surface area contributed by atoms with E-state index in [9.17, 15) is 23.6 Å². The van der Waals surface area contributed by atoms with Crippen LogP contribution in [0.1, 0.15) is 53.2 Å². The van der Waals surface area contributed by atoms with Crippen LogP contribution in [0.15, 0.2) is 27.8 Å². The zero-order valence-corrected chi connectivity index (χ0v) is 22.1. The fourth-order valence-electron chi connectivity index (χ4n) is 4.00. The fourth-order valence-corrected chi connectivity index (χ4v) is 5.19. The Morgan fingerprint density at radius 2 is 2.00 bits per heavy atom. The number of halogens is 1. The quantitative estimate of drug-likeness (QED) is 0.284. The van der Waals surface area contributed by atoms with Crippen LogP contribution in [0.2, 0.25) is 0 Å². The number of thiophene rings is 1. The number of carbonyl (C=O) groups excluding carboxylic acids is 2. The molecule has 0 saturated heterocycles. The molecule has 2 aromatic heterocycles. The predicted molar refractivity (Wildman–Crippen MR) is 137 cm³/mol. The number of aryl methyl sites for hydroxylation is 1. The van der Waals surface area contributed by atoms with Gasteiger partial charge in [-0.15, -0.1) is 11.3 Å². The molecule has 3 rings (SSSR count). The number of aromatic nitrogens is 2. The number of nitrogens with two attached hydrogens (primary N) is 1. The molecule has 3 aromatic rings. The summed E-state index contributed by atoms with van der Waals surface area (Å²) in [5.74, 6) is -1.91. The SMILES string of the molecule is CCOC(=O)c1sc2c(c1C)c(=O)n([C@H](C)C(N)=O)c(=O)n2C[C@H](OCCC#N)c1cc(F)ccc1OC. The maximum atomic E-state index is 14.3. The number of rotatable bonds is 11. The normalized spacial score (nSPS) is 12.6. The lowest BCUT2D eigenvalue weighted by molar-refractivity contribution is -0.120. The number of benzene rings is 1. The molecule has 1 amide bonds. The summed E-state index contributed by atoms with van der Waals surface area (Å²) >= 11 is 0.880. The van der Waals surface area contributed by atoms with Crippen molar-refractivity contribution >= 4 is 33.4 Å². The van der Waals surface area contributed by atoms with Gasteiger partial charge in [0, 0.05) is 5.56 Å². The standard InChI is InChI=1S/C25H27FN4O7S/c1-5-36-24(33)20-13(2)19-22(32)30(14(3)21(28)31)25(34)29(23(19)38-20)12-18(37-10-6-9-27)16-11-15(26)7-8-17(16)35-4/h7-8,11,14,18H,5-6,10,12H2,1-4H3,(H2,28,31)/t14-,18+/m1/s1. The fraction of sp³-hybridized carbons (Fsp3) is 0.400. The van der Waals surface area contributed by atoms with Gasteiger partial charge in [0.05, 0.1) is 44.7 Å². The highest BCUT2D eigenvalue weighted by atomic mass is 32.1. The first kappa shape index (κ1) is 28.5. The van der Waals surface area contributed by atoms with E-state index in [0.29, 0.717) is 4.57 Å². The smallest absolute Gasteiger partial charge is 0.348 e. The van der Waals surface area contributed by atoms with Gasteiger partial charge in [0.25, 0.3) is 5.56 Å². The minimum Gasteiger partial charge on any atom is -0.496 e. The van der Waals surface area contributed by atoms with E-state index in [-0.39, 0.29) is 58.1 Å². The number of methoxy groups -OCH3 is 1. The van der Waals surface area contributed by atoms with Crippen molar-refractivity contribution in [2.45, 2.75) is 45.9 Å². The van der Waals surface area contributed by atoms with Crippen LogP contribution >= 0.6 is 11.3 Å². The Labute approximate surface area is 220 Å². The second-order valence-corrected chi connectivity index (χ2v) is 9.26. The van der Waals surface area contributed by atoms with Crippen LogP contribution in [0.5, 0.6) is 5.75 Å². The number of nitrogens with zero attached hydrogens (tertiary/aromatic N) is 3. The Morgan fingerprint density at radius 3 is 2.61 bits per heavy atom. The molecule has 0 aliphatic rings. The number of esters is 1. The van der Waals surface area contributed by atoms with Gasteiger partial charge in [0.15, 0.2) is 0 Å². The van der Waals surface area contributed by atoms with Crippen molar-refractivity contribution in [1.82, 2.24) is 9.13 Å². The van der Waals surface area contributed by atoms with Gasteiger partial charge in [0.2, 0.25) is 5.91 Å². The highest BCUT2D eigenvalue weighted by molar-refractivity contribution is 7.20. The minimum absolute atomic E-state index is 0.0156. The van der Waals surface area contributed by atoms with Crippen molar-refractivity contribution in [2.24, 2.45) is 5.73 Å². The molecular weight excluding hydrogens is 519 g/mol. The lowest BCUT2D eigenvalue weighted by Gasteiger charge is -2.23. The van der Waals surface area contributed by atoms with E-state index >= 15 is 0 Å². The monoisotopic (exact) mass is 546 g/mol. The maximum Gasteiger partial charge on any atom is 0.348 e. The molecule has 0 spiro atoms. The summed E-state index contributed by atoms with van der Waals surface area (Å²) in [6.07, 6.45) is -1.000. The first-order valence-electron chi connectivity index (χ1n) is 11.6. The zero-order chi connectivity index (χ0) is 28.1. The number of fused-ring (bicyclic) bond motifs is 1. The molecule has 0 radical (unpaired) electrons. The van der Waals surface area contributed by atoms with Crippen LogP contribution in [0, 0.1) is 24.1 Å². The number of nitriles is 1. The van der Waals surface area contributed by atoms with Gasteiger partial charge in [-0.1, -0.05) is 0 Å². The summed E-state index contributed by atoms with van der Waals surface area (Å²) in [5, 5.41) is 9.02. The Kier molecular flexibility index (Phi) is 9.03. The van der Waals surface area contributed by atoms with Gasteiger partial charge in [-0.05, 0) is 44.5 Å². The van der Waals surface area contributed by atoms with E-state index in [1.54, 1.807) is 6.92 Å². The molecule has 0 unspecified atom stereocenters. The van der Waals surface area contributed by atoms with Gasteiger partial charge < -0.3 is 19.9 Å². The molecule has 13 heteroatoms. The van der Waals surface area contributed by atoms with Crippen molar-refractivity contribution in [3.63, 3.8) is 0 Å². The third-order valence-electron chi connectivity index (χ3n) is 5.92. The molecule has 2 heterocycles. The van der Waals surface area contributed by atoms with Crippen molar-refractivity contribution in [3.8, 4) is 11.8 Å². The Morgan fingerprint density at radius 1 is 1.29 bits per heavy atom. The largest absolute Gasteiger partial charge is 0.496 e. The van der Waals surface area contributed by atoms with Gasteiger partial charge in [-0.2, -0.15) is 5.26 Å². The molecule has 2 N–H and O–H groups in total. The van der Waals surface area contributed by atoms with E-state index < -0.39 is 41.1 Å². The topological polar surface area (TPSA) is 156 Å². The summed E-state index contributed by atoms with van der Waals surface area (Å²) in [5.41, 5.74) is 4.29. The molecule has 11 nitrogen and oxygen atoms in total. The van der Waals surface area contributed by atoms with Gasteiger partial charge >= 0.3 is 11.7 Å². The summed E-state index contributed by atoms with van der Waals surface area (Å²) < 4.78 is 32.5. The molecule has 0 aliphatic heterocycles. The number of ether oxygens (including phenoxy) is 3. The number of carbonyl (C=O) groups is 2. The van der Waals surface area contributed by atoms with E-state index in [1.165, 1.54) is 43.7 Å². The summed E-state index contributed by atoms with van der Waals surface area (Å²) in [6, 6.07) is 4.42. The summed E-state index contributed by atoms with van der Waals surface area (Å²) in [4.78, 5) is 52.0. The Balaban J connectivity index is 2.35. The molecule has 0 fully saturated rings. The number of amides is 1. The van der Waals surface area contributed by atoms with E-state index in [4.69, 9.17) is 25.2 Å². The average molecular weight is 547 g/mol. The van der Waals surface area contributed by atoms with E-state index in [2.05, 4.69) is 0 Å². The number of hydrogen-bond acceptors (Lipinski definition) is 9. The highest BCUT2D eigenvalue weighted by Gasteiger charge is 2.29. The van der Waals surface area contributed by atoms with Gasteiger partial charge in [0.1, 0.15) is 33.4 Å². The Bertz CT molecular complexity index is 1540. The highest BCUT2D eigenvalue weighted by Crippen LogP contribution is 2.33. The lowest BCUT2D eigenvalue weighted by atomic mass is 10.1. The minimum atomic E-state index is -1.31. The second-order valence-electron chi connectivity index (χ2n) is 8.26. The molecule has 38 heavy (non-hydrogen) atoms. The Hall–Kier alpha value is -4.02. The van der Waals surface area contributed by atoms with Crippen LogP contribution in [-0.4, -0.2) is 41.3 Å². The van der Waals surface area contributed by atoms with Crippen LogP contribution in [0.4, 0.5) is 4.39 Å². The second kappa shape index (κ2) is 12.0. The van der Waals surface area contributed by atoms with Crippen molar-refractivity contribution in [2.75, 3.05) is 20.3 Å². The van der Waals surface area contributed by atoms with Crippen LogP contribution in [0.3, 0.4) is 0 Å². The van der Waals surface area contributed by atoms with Crippen LogP contribution < -0.4 is 21.7 Å². The molecule has 1 aromatic carbocycles. The van der Waals surface area contributed by atoms with E-state index in [1.807, 2.05) is 6.07 Å². The van der Waals surface area contributed by atoms with Crippen molar-refractivity contribution in [3.05, 3.63) is 60.9 Å².